The fraction of sp³-hybridized carbons (Fsp3) is 0.167. The lowest BCUT2D eigenvalue weighted by Gasteiger charge is -2.09. The van der Waals surface area contributed by atoms with Crippen molar-refractivity contribution in [1.82, 2.24) is 0 Å². The summed E-state index contributed by atoms with van der Waals surface area (Å²) in [5, 5.41) is 10.5. The van der Waals surface area contributed by atoms with Gasteiger partial charge in [0, 0.05) is 11.4 Å². The Bertz CT molecular complexity index is 423. The van der Waals surface area contributed by atoms with E-state index in [2.05, 4.69) is 0 Å². The van der Waals surface area contributed by atoms with E-state index < -0.39 is 6.10 Å². The first-order valence-corrected chi connectivity index (χ1v) is 5.09. The molecule has 0 fully saturated rings. The first-order chi connectivity index (χ1) is 7.25. The van der Waals surface area contributed by atoms with Crippen molar-refractivity contribution in [1.29, 1.82) is 0 Å². The highest BCUT2D eigenvalue weighted by Crippen LogP contribution is 2.21. The van der Waals surface area contributed by atoms with Gasteiger partial charge in [0.2, 0.25) is 0 Å². The molecule has 78 valence electrons. The molecule has 0 aliphatic rings. The van der Waals surface area contributed by atoms with Gasteiger partial charge in [0.05, 0.1) is 12.4 Å². The summed E-state index contributed by atoms with van der Waals surface area (Å²) in [6.07, 6.45) is 1.49. The summed E-state index contributed by atoms with van der Waals surface area (Å²) >= 11 is 5.84. The summed E-state index contributed by atoms with van der Waals surface area (Å²) < 4.78 is 5.16. The second-order valence-corrected chi connectivity index (χ2v) is 3.79. The number of aliphatic hydroxyl groups excluding tert-OH is 1. The molecular formula is C12H11ClO2. The summed E-state index contributed by atoms with van der Waals surface area (Å²) in [7, 11) is 0. The standard InChI is InChI=1S/C12H11ClO2/c13-10-4-1-3-9(7-10)12(14)8-11-5-2-6-15-11/h1-7,12,14H,8H2. The van der Waals surface area contributed by atoms with Crippen molar-refractivity contribution in [2.75, 3.05) is 0 Å². The van der Waals surface area contributed by atoms with Gasteiger partial charge in [-0.2, -0.15) is 0 Å². The van der Waals surface area contributed by atoms with Crippen LogP contribution in [0.15, 0.2) is 47.1 Å². The van der Waals surface area contributed by atoms with Crippen LogP contribution >= 0.6 is 11.6 Å². The average molecular weight is 223 g/mol. The second kappa shape index (κ2) is 4.51. The highest BCUT2D eigenvalue weighted by Gasteiger charge is 2.10. The Morgan fingerprint density at radius 2 is 2.13 bits per heavy atom. The monoisotopic (exact) mass is 222 g/mol. The average Bonchev–Trinajstić information content (AvgIpc) is 2.70. The van der Waals surface area contributed by atoms with E-state index in [-0.39, 0.29) is 0 Å². The predicted octanol–water partition coefficient (Wildman–Crippen LogP) is 3.21. The molecule has 1 heterocycles. The van der Waals surface area contributed by atoms with E-state index in [9.17, 15) is 5.11 Å². The quantitative estimate of drug-likeness (QED) is 0.865. The molecule has 0 aliphatic heterocycles. The number of rotatable bonds is 3. The first-order valence-electron chi connectivity index (χ1n) is 4.71. The number of halogens is 1. The Labute approximate surface area is 93.1 Å². The van der Waals surface area contributed by atoms with Crippen LogP contribution in [0.25, 0.3) is 0 Å². The SMILES string of the molecule is OC(Cc1ccco1)c1cccc(Cl)c1. The largest absolute Gasteiger partial charge is 0.469 e. The minimum atomic E-state index is -0.574. The highest BCUT2D eigenvalue weighted by molar-refractivity contribution is 6.30. The van der Waals surface area contributed by atoms with Crippen LogP contribution in [-0.4, -0.2) is 5.11 Å². The molecule has 0 spiro atoms. The zero-order valence-corrected chi connectivity index (χ0v) is 8.82. The third-order valence-corrected chi connectivity index (χ3v) is 2.44. The molecule has 2 aromatic rings. The molecule has 2 rings (SSSR count). The van der Waals surface area contributed by atoms with Crippen LogP contribution < -0.4 is 0 Å². The van der Waals surface area contributed by atoms with E-state index >= 15 is 0 Å². The molecule has 2 nitrogen and oxygen atoms in total. The molecular weight excluding hydrogens is 212 g/mol. The summed E-state index contributed by atoms with van der Waals surface area (Å²) in [4.78, 5) is 0. The van der Waals surface area contributed by atoms with E-state index in [1.54, 1.807) is 24.5 Å². The molecule has 0 saturated carbocycles. The molecule has 1 atom stereocenters. The van der Waals surface area contributed by atoms with Gasteiger partial charge in [-0.1, -0.05) is 23.7 Å². The van der Waals surface area contributed by atoms with Gasteiger partial charge in [0.1, 0.15) is 5.76 Å². The van der Waals surface area contributed by atoms with Crippen molar-refractivity contribution >= 4 is 11.6 Å². The molecule has 0 amide bonds. The Hall–Kier alpha value is -1.25. The van der Waals surface area contributed by atoms with E-state index in [0.717, 1.165) is 11.3 Å². The van der Waals surface area contributed by atoms with Crippen LogP contribution in [0, 0.1) is 0 Å². The third-order valence-electron chi connectivity index (χ3n) is 2.21. The second-order valence-electron chi connectivity index (χ2n) is 3.35. The molecule has 3 heteroatoms. The smallest absolute Gasteiger partial charge is 0.106 e. The van der Waals surface area contributed by atoms with Crippen molar-refractivity contribution in [2.24, 2.45) is 0 Å². The van der Waals surface area contributed by atoms with Crippen molar-refractivity contribution in [3.63, 3.8) is 0 Å². The topological polar surface area (TPSA) is 33.4 Å². The molecule has 1 N–H and O–H groups in total. The Kier molecular flexibility index (Phi) is 3.09. The number of furan rings is 1. The van der Waals surface area contributed by atoms with Gasteiger partial charge in [0.25, 0.3) is 0 Å². The molecule has 0 aliphatic carbocycles. The van der Waals surface area contributed by atoms with Crippen molar-refractivity contribution < 1.29 is 9.52 Å². The van der Waals surface area contributed by atoms with Gasteiger partial charge in [0.15, 0.2) is 0 Å². The van der Waals surface area contributed by atoms with Gasteiger partial charge in [-0.05, 0) is 29.8 Å². The summed E-state index contributed by atoms with van der Waals surface area (Å²) in [5.74, 6) is 0.766. The van der Waals surface area contributed by atoms with Crippen molar-refractivity contribution in [3.05, 3.63) is 59.0 Å². The lowest BCUT2D eigenvalue weighted by molar-refractivity contribution is 0.170. The Morgan fingerprint density at radius 3 is 2.80 bits per heavy atom. The van der Waals surface area contributed by atoms with Crippen molar-refractivity contribution in [2.45, 2.75) is 12.5 Å². The van der Waals surface area contributed by atoms with Crippen LogP contribution in [0.4, 0.5) is 0 Å². The van der Waals surface area contributed by atoms with Gasteiger partial charge in [-0.3, -0.25) is 0 Å². The number of hydrogen-bond acceptors (Lipinski definition) is 2. The minimum absolute atomic E-state index is 0.466. The van der Waals surface area contributed by atoms with Gasteiger partial charge in [-0.25, -0.2) is 0 Å². The normalized spacial score (nSPS) is 12.7. The van der Waals surface area contributed by atoms with E-state index in [1.165, 1.54) is 0 Å². The lowest BCUT2D eigenvalue weighted by Crippen LogP contribution is -2.00. The van der Waals surface area contributed by atoms with Gasteiger partial charge in [-0.15, -0.1) is 0 Å². The van der Waals surface area contributed by atoms with Crippen LogP contribution in [0.3, 0.4) is 0 Å². The maximum absolute atomic E-state index is 9.90. The highest BCUT2D eigenvalue weighted by atomic mass is 35.5. The summed E-state index contributed by atoms with van der Waals surface area (Å²) in [6.45, 7) is 0. The summed E-state index contributed by atoms with van der Waals surface area (Å²) in [6, 6.07) is 10.9. The van der Waals surface area contributed by atoms with Crippen LogP contribution in [-0.2, 0) is 6.42 Å². The van der Waals surface area contributed by atoms with Gasteiger partial charge < -0.3 is 9.52 Å². The van der Waals surface area contributed by atoms with Gasteiger partial charge >= 0.3 is 0 Å². The Morgan fingerprint density at radius 1 is 1.27 bits per heavy atom. The summed E-state index contributed by atoms with van der Waals surface area (Å²) in [5.41, 5.74) is 0.805. The lowest BCUT2D eigenvalue weighted by atomic mass is 10.1. The number of hydrogen-bond donors (Lipinski definition) is 1. The fourth-order valence-corrected chi connectivity index (χ4v) is 1.65. The first kappa shape index (κ1) is 10.3. The third kappa shape index (κ3) is 2.61. The molecule has 0 bridgehead atoms. The zero-order chi connectivity index (χ0) is 10.7. The maximum Gasteiger partial charge on any atom is 0.106 e. The zero-order valence-electron chi connectivity index (χ0n) is 8.06. The molecule has 0 radical (unpaired) electrons. The van der Waals surface area contributed by atoms with Crippen LogP contribution in [0.1, 0.15) is 17.4 Å². The predicted molar refractivity (Wildman–Crippen MR) is 58.8 cm³/mol. The van der Waals surface area contributed by atoms with E-state index in [1.807, 2.05) is 18.2 Å². The van der Waals surface area contributed by atoms with E-state index in [4.69, 9.17) is 16.0 Å². The molecule has 1 aromatic heterocycles. The van der Waals surface area contributed by atoms with Crippen molar-refractivity contribution in [3.8, 4) is 0 Å². The molecule has 0 saturated heterocycles. The molecule has 1 aromatic carbocycles. The number of aliphatic hydroxyl groups is 1. The maximum atomic E-state index is 9.90. The fourth-order valence-electron chi connectivity index (χ4n) is 1.45. The minimum Gasteiger partial charge on any atom is -0.469 e. The number of benzene rings is 1. The van der Waals surface area contributed by atoms with Crippen LogP contribution in [0.2, 0.25) is 5.02 Å². The Balaban J connectivity index is 2.11. The van der Waals surface area contributed by atoms with Crippen LogP contribution in [0.5, 0.6) is 0 Å². The van der Waals surface area contributed by atoms with E-state index in [0.29, 0.717) is 11.4 Å². The molecule has 15 heavy (non-hydrogen) atoms. The molecule has 1 unspecified atom stereocenters.